The summed E-state index contributed by atoms with van der Waals surface area (Å²) in [5, 5.41) is 2.86. The third-order valence-electron chi connectivity index (χ3n) is 4.11. The molecule has 3 aromatic rings. The summed E-state index contributed by atoms with van der Waals surface area (Å²) < 4.78 is 27.6. The van der Waals surface area contributed by atoms with Gasteiger partial charge in [-0.15, -0.1) is 11.8 Å². The van der Waals surface area contributed by atoms with Gasteiger partial charge in [-0.1, -0.05) is 42.0 Å². The normalized spacial score (nSPS) is 11.1. The van der Waals surface area contributed by atoms with Gasteiger partial charge in [0.25, 0.3) is 15.9 Å². The van der Waals surface area contributed by atoms with Crippen molar-refractivity contribution in [1.82, 2.24) is 5.32 Å². The van der Waals surface area contributed by atoms with Gasteiger partial charge in [0.1, 0.15) is 0 Å². The van der Waals surface area contributed by atoms with Crippen LogP contribution in [0.4, 0.5) is 5.69 Å². The number of anilines is 1. The monoisotopic (exact) mass is 426 g/mol. The first-order valence-corrected chi connectivity index (χ1v) is 11.6. The highest BCUT2D eigenvalue weighted by molar-refractivity contribution is 7.99. The lowest BCUT2D eigenvalue weighted by Crippen LogP contribution is -2.25. The minimum absolute atomic E-state index is 0.177. The lowest BCUT2D eigenvalue weighted by molar-refractivity contribution is 0.0956. The summed E-state index contributed by atoms with van der Waals surface area (Å²) in [4.78, 5) is 13.7. The topological polar surface area (TPSA) is 75.3 Å². The number of hydrogen-bond acceptors (Lipinski definition) is 4. The molecule has 0 aliphatic carbocycles. The van der Waals surface area contributed by atoms with E-state index in [9.17, 15) is 13.2 Å². The quantitative estimate of drug-likeness (QED) is 0.416. The number of aryl methyl sites for hydroxylation is 1. The van der Waals surface area contributed by atoms with Crippen LogP contribution >= 0.6 is 11.8 Å². The van der Waals surface area contributed by atoms with Crippen LogP contribution in [-0.4, -0.2) is 26.6 Å². The van der Waals surface area contributed by atoms with Crippen molar-refractivity contribution in [2.45, 2.75) is 16.7 Å². The van der Waals surface area contributed by atoms with E-state index in [1.54, 1.807) is 54.2 Å². The summed E-state index contributed by atoms with van der Waals surface area (Å²) in [6.45, 7) is 2.40. The molecule has 0 unspecified atom stereocenters. The average molecular weight is 427 g/mol. The fraction of sp³-hybridized carbons (Fsp3) is 0.136. The van der Waals surface area contributed by atoms with Crippen molar-refractivity contribution < 1.29 is 13.2 Å². The second kappa shape index (κ2) is 9.62. The van der Waals surface area contributed by atoms with Crippen molar-refractivity contribution >= 4 is 33.4 Å². The average Bonchev–Trinajstić information content (AvgIpc) is 2.72. The van der Waals surface area contributed by atoms with Crippen molar-refractivity contribution in [3.63, 3.8) is 0 Å². The standard InChI is InChI=1S/C22H22N2O3S2/c1-17-10-12-21(13-11-17)29(26,27)24-19-7-5-6-18(16-19)22(25)23-14-15-28-20-8-3-2-4-9-20/h2-13,16,24H,14-15H2,1H3,(H,23,25). The third-order valence-corrected chi connectivity index (χ3v) is 6.52. The molecule has 5 nitrogen and oxygen atoms in total. The van der Waals surface area contributed by atoms with Crippen LogP contribution < -0.4 is 10.0 Å². The highest BCUT2D eigenvalue weighted by atomic mass is 32.2. The molecular formula is C22H22N2O3S2. The Hall–Kier alpha value is -2.77. The summed E-state index contributed by atoms with van der Waals surface area (Å²) in [7, 11) is -3.71. The van der Waals surface area contributed by atoms with E-state index in [1.807, 2.05) is 37.3 Å². The smallest absolute Gasteiger partial charge is 0.261 e. The summed E-state index contributed by atoms with van der Waals surface area (Å²) in [5.74, 6) is 0.505. The lowest BCUT2D eigenvalue weighted by Gasteiger charge is -2.10. The predicted molar refractivity (Wildman–Crippen MR) is 118 cm³/mol. The van der Waals surface area contributed by atoms with E-state index in [0.717, 1.165) is 16.2 Å². The molecule has 0 atom stereocenters. The summed E-state index contributed by atoms with van der Waals surface area (Å²) in [5.41, 5.74) is 1.73. The largest absolute Gasteiger partial charge is 0.351 e. The number of nitrogens with one attached hydrogen (secondary N) is 2. The maximum atomic E-state index is 12.5. The molecule has 0 saturated heterocycles. The Balaban J connectivity index is 1.58. The van der Waals surface area contributed by atoms with Crippen molar-refractivity contribution in [3.8, 4) is 0 Å². The lowest BCUT2D eigenvalue weighted by atomic mass is 10.2. The summed E-state index contributed by atoms with van der Waals surface area (Å²) in [6, 6.07) is 23.0. The fourth-order valence-electron chi connectivity index (χ4n) is 2.61. The van der Waals surface area contributed by atoms with Gasteiger partial charge in [0.05, 0.1) is 4.90 Å². The van der Waals surface area contributed by atoms with Gasteiger partial charge in [-0.3, -0.25) is 9.52 Å². The second-order valence-electron chi connectivity index (χ2n) is 6.42. The van der Waals surface area contributed by atoms with E-state index in [4.69, 9.17) is 0 Å². The number of carbonyl (C=O) groups is 1. The molecule has 0 saturated carbocycles. The van der Waals surface area contributed by atoms with Gasteiger partial charge in [0.15, 0.2) is 0 Å². The molecule has 0 aromatic heterocycles. The van der Waals surface area contributed by atoms with Crippen LogP contribution in [0.25, 0.3) is 0 Å². The Labute approximate surface area is 175 Å². The summed E-state index contributed by atoms with van der Waals surface area (Å²) in [6.07, 6.45) is 0. The van der Waals surface area contributed by atoms with Gasteiger partial charge in [-0.05, 0) is 49.4 Å². The van der Waals surface area contributed by atoms with E-state index in [-0.39, 0.29) is 10.8 Å². The van der Waals surface area contributed by atoms with Crippen LogP contribution in [0.15, 0.2) is 88.7 Å². The molecule has 3 aromatic carbocycles. The van der Waals surface area contributed by atoms with E-state index in [1.165, 1.54) is 6.07 Å². The van der Waals surface area contributed by atoms with Gasteiger partial charge in [0.2, 0.25) is 0 Å². The first-order valence-electron chi connectivity index (χ1n) is 9.10. The maximum Gasteiger partial charge on any atom is 0.261 e. The van der Waals surface area contributed by atoms with E-state index < -0.39 is 10.0 Å². The zero-order valence-corrected chi connectivity index (χ0v) is 17.6. The van der Waals surface area contributed by atoms with Crippen LogP contribution in [0.2, 0.25) is 0 Å². The molecule has 0 fully saturated rings. The number of benzene rings is 3. The zero-order valence-electron chi connectivity index (χ0n) is 16.0. The molecule has 0 aliphatic heterocycles. The molecule has 7 heteroatoms. The molecule has 0 aliphatic rings. The highest BCUT2D eigenvalue weighted by Crippen LogP contribution is 2.18. The zero-order chi connectivity index (χ0) is 20.7. The van der Waals surface area contributed by atoms with Crippen molar-refractivity contribution in [1.29, 1.82) is 0 Å². The second-order valence-corrected chi connectivity index (χ2v) is 9.27. The van der Waals surface area contributed by atoms with Crippen LogP contribution in [-0.2, 0) is 10.0 Å². The Morgan fingerprint density at radius 1 is 0.931 bits per heavy atom. The number of carbonyl (C=O) groups excluding carboxylic acids is 1. The Morgan fingerprint density at radius 3 is 2.38 bits per heavy atom. The van der Waals surface area contributed by atoms with Crippen molar-refractivity contribution in [2.24, 2.45) is 0 Å². The van der Waals surface area contributed by atoms with Crippen LogP contribution in [0, 0.1) is 6.92 Å². The van der Waals surface area contributed by atoms with Crippen LogP contribution in [0.5, 0.6) is 0 Å². The molecule has 29 heavy (non-hydrogen) atoms. The van der Waals surface area contributed by atoms with Gasteiger partial charge < -0.3 is 5.32 Å². The first-order chi connectivity index (χ1) is 13.9. The molecule has 0 radical (unpaired) electrons. The fourth-order valence-corrected chi connectivity index (χ4v) is 4.45. The van der Waals surface area contributed by atoms with Crippen LogP contribution in [0.3, 0.4) is 0 Å². The highest BCUT2D eigenvalue weighted by Gasteiger charge is 2.15. The minimum atomic E-state index is -3.71. The number of amides is 1. The van der Waals surface area contributed by atoms with Crippen molar-refractivity contribution in [2.75, 3.05) is 17.0 Å². The predicted octanol–water partition coefficient (Wildman–Crippen LogP) is 4.32. The Bertz CT molecular complexity index is 1070. The molecule has 1 amide bonds. The van der Waals surface area contributed by atoms with Gasteiger partial charge in [0, 0.05) is 28.4 Å². The van der Waals surface area contributed by atoms with Gasteiger partial charge in [-0.25, -0.2) is 8.42 Å². The number of thioether (sulfide) groups is 1. The first kappa shape index (κ1) is 21.0. The molecule has 0 bridgehead atoms. The number of sulfonamides is 1. The van der Waals surface area contributed by atoms with Crippen LogP contribution in [0.1, 0.15) is 15.9 Å². The van der Waals surface area contributed by atoms with Crippen molar-refractivity contribution in [3.05, 3.63) is 90.0 Å². The number of hydrogen-bond donors (Lipinski definition) is 2. The molecule has 150 valence electrons. The molecule has 3 rings (SSSR count). The molecule has 0 spiro atoms. The molecule has 2 N–H and O–H groups in total. The summed E-state index contributed by atoms with van der Waals surface area (Å²) >= 11 is 1.66. The SMILES string of the molecule is Cc1ccc(S(=O)(=O)Nc2cccc(C(=O)NCCSc3ccccc3)c2)cc1. The minimum Gasteiger partial charge on any atom is -0.351 e. The Morgan fingerprint density at radius 2 is 1.66 bits per heavy atom. The van der Waals surface area contributed by atoms with E-state index in [0.29, 0.717) is 17.8 Å². The Kier molecular flexibility index (Phi) is 6.95. The van der Waals surface area contributed by atoms with Gasteiger partial charge in [-0.2, -0.15) is 0 Å². The van der Waals surface area contributed by atoms with E-state index >= 15 is 0 Å². The maximum absolute atomic E-state index is 12.5. The van der Waals surface area contributed by atoms with E-state index in [2.05, 4.69) is 10.0 Å². The molecule has 0 heterocycles. The van der Waals surface area contributed by atoms with Gasteiger partial charge >= 0.3 is 0 Å². The number of rotatable bonds is 8. The third kappa shape index (κ3) is 6.10. The molecular weight excluding hydrogens is 404 g/mol.